The number of amides is 2. The number of nitrogens with one attached hydrogen (secondary N) is 2. The monoisotopic (exact) mass is 498 g/mol. The van der Waals surface area contributed by atoms with Crippen LogP contribution in [0.2, 0.25) is 0 Å². The van der Waals surface area contributed by atoms with Gasteiger partial charge in [0.1, 0.15) is 5.69 Å². The highest BCUT2D eigenvalue weighted by atomic mass is 32.1. The lowest BCUT2D eigenvalue weighted by Gasteiger charge is -2.43. The van der Waals surface area contributed by atoms with Gasteiger partial charge in [-0.05, 0) is 25.8 Å². The van der Waals surface area contributed by atoms with E-state index < -0.39 is 0 Å². The van der Waals surface area contributed by atoms with E-state index in [0.29, 0.717) is 67.6 Å². The van der Waals surface area contributed by atoms with Gasteiger partial charge in [0.2, 0.25) is 5.88 Å². The lowest BCUT2D eigenvalue weighted by molar-refractivity contribution is 0.0578. The molecule has 35 heavy (non-hydrogen) atoms. The van der Waals surface area contributed by atoms with E-state index in [4.69, 9.17) is 13.9 Å². The fraction of sp³-hybridized carbons (Fsp3) is 0.478. The Morgan fingerprint density at radius 2 is 2.20 bits per heavy atom. The number of hydrogen-bond acceptors (Lipinski definition) is 10. The van der Waals surface area contributed by atoms with E-state index in [9.17, 15) is 9.90 Å². The molecular weight excluding hydrogens is 472 g/mol. The molecule has 0 spiro atoms. The molecule has 2 atom stereocenters. The van der Waals surface area contributed by atoms with Crippen molar-refractivity contribution in [2.75, 3.05) is 30.0 Å². The van der Waals surface area contributed by atoms with Crippen LogP contribution >= 0.6 is 11.3 Å². The van der Waals surface area contributed by atoms with Crippen LogP contribution < -0.4 is 20.3 Å². The fourth-order valence-corrected chi connectivity index (χ4v) is 5.81. The van der Waals surface area contributed by atoms with E-state index in [1.54, 1.807) is 6.20 Å². The molecule has 2 bridgehead atoms. The number of carbonyl (C=O) groups excluding carboxylic acids is 1. The standard InChI is InChI=1S/C23H26N6O5S/c1-2-33-19-5-3-4-15(26-19)18-9-24-23(34-18)29-13-8-16-20(17(29)11-32-10-13)35-22(27-16)28-21(31)25-12-6-14(30)7-12/h3-5,9,12-14,17,30H,2,6-8,10-11H2,1H3,(H2,25,27,28,31)/t12-,13-,14-,17-/m0/s1. The minimum Gasteiger partial charge on any atom is -0.478 e. The average molecular weight is 499 g/mol. The minimum absolute atomic E-state index is 0.00521. The zero-order chi connectivity index (χ0) is 23.9. The Balaban J connectivity index is 1.21. The highest BCUT2D eigenvalue weighted by Gasteiger charge is 2.43. The summed E-state index contributed by atoms with van der Waals surface area (Å²) in [5.41, 5.74) is 1.62. The first kappa shape index (κ1) is 22.3. The van der Waals surface area contributed by atoms with Crippen molar-refractivity contribution in [2.45, 2.75) is 50.4 Å². The molecule has 3 N–H and O–H groups in total. The Morgan fingerprint density at radius 1 is 1.31 bits per heavy atom. The molecule has 6 rings (SSSR count). The fourth-order valence-electron chi connectivity index (χ4n) is 4.73. The summed E-state index contributed by atoms with van der Waals surface area (Å²) in [6.45, 7) is 3.47. The summed E-state index contributed by atoms with van der Waals surface area (Å²) >= 11 is 1.44. The van der Waals surface area contributed by atoms with Crippen molar-refractivity contribution in [3.8, 4) is 17.3 Å². The highest BCUT2D eigenvalue weighted by molar-refractivity contribution is 7.16. The maximum Gasteiger partial charge on any atom is 0.321 e. The number of pyridine rings is 1. The van der Waals surface area contributed by atoms with Crippen molar-refractivity contribution in [1.29, 1.82) is 0 Å². The van der Waals surface area contributed by atoms with E-state index in [-0.39, 0.29) is 30.3 Å². The Bertz CT molecular complexity index is 1220. The molecule has 2 aliphatic heterocycles. The van der Waals surface area contributed by atoms with Gasteiger partial charge in [0.05, 0.1) is 54.8 Å². The molecule has 0 unspecified atom stereocenters. The van der Waals surface area contributed by atoms with E-state index in [1.165, 1.54) is 11.3 Å². The van der Waals surface area contributed by atoms with E-state index >= 15 is 0 Å². The van der Waals surface area contributed by atoms with Crippen LogP contribution in [0, 0.1) is 0 Å². The van der Waals surface area contributed by atoms with Gasteiger partial charge in [-0.1, -0.05) is 17.4 Å². The van der Waals surface area contributed by atoms with Crippen LogP contribution in [0.1, 0.15) is 36.4 Å². The van der Waals surface area contributed by atoms with Crippen molar-refractivity contribution in [3.05, 3.63) is 35.0 Å². The summed E-state index contributed by atoms with van der Waals surface area (Å²) in [6.07, 6.45) is 3.19. The topological polar surface area (TPSA) is 135 Å². The van der Waals surface area contributed by atoms with Crippen LogP contribution in [0.25, 0.3) is 11.5 Å². The number of rotatable bonds is 6. The summed E-state index contributed by atoms with van der Waals surface area (Å²) in [6, 6.07) is 5.68. The summed E-state index contributed by atoms with van der Waals surface area (Å²) in [4.78, 5) is 29.3. The molecular formula is C23H26N6O5S. The maximum absolute atomic E-state index is 12.3. The molecule has 1 saturated heterocycles. The zero-order valence-electron chi connectivity index (χ0n) is 19.1. The molecule has 2 fully saturated rings. The normalized spacial score (nSPS) is 24.9. The number of ether oxygens (including phenoxy) is 2. The molecule has 184 valence electrons. The number of nitrogens with zero attached hydrogens (tertiary/aromatic N) is 4. The number of anilines is 2. The van der Waals surface area contributed by atoms with Gasteiger partial charge >= 0.3 is 6.03 Å². The Kier molecular flexibility index (Phi) is 5.78. The van der Waals surface area contributed by atoms with Crippen molar-refractivity contribution < 1.29 is 23.8 Å². The van der Waals surface area contributed by atoms with Crippen molar-refractivity contribution in [1.82, 2.24) is 20.3 Å². The summed E-state index contributed by atoms with van der Waals surface area (Å²) in [5.74, 6) is 1.11. The zero-order valence-corrected chi connectivity index (χ0v) is 20.0. The summed E-state index contributed by atoms with van der Waals surface area (Å²) < 4.78 is 17.5. The lowest BCUT2D eigenvalue weighted by atomic mass is 9.90. The maximum atomic E-state index is 12.3. The number of fused-ring (bicyclic) bond motifs is 4. The summed E-state index contributed by atoms with van der Waals surface area (Å²) in [7, 11) is 0. The number of thiazole rings is 1. The molecule has 2 amide bonds. The molecule has 3 aromatic heterocycles. The second-order valence-electron chi connectivity index (χ2n) is 8.87. The molecule has 5 heterocycles. The van der Waals surface area contributed by atoms with Gasteiger partial charge in [0.25, 0.3) is 6.01 Å². The second-order valence-corrected chi connectivity index (χ2v) is 9.90. The number of urea groups is 1. The SMILES string of the molecule is CCOc1cccc(-c2cnc(N3[C@@H]4COC[C@H]3c3sc(NC(=O)N[C@H]5C[C@H](O)C5)nc3C4)o2)n1. The molecule has 1 saturated carbocycles. The van der Waals surface area contributed by atoms with Gasteiger partial charge in [-0.2, -0.15) is 0 Å². The number of oxazole rings is 1. The van der Waals surface area contributed by atoms with E-state index in [2.05, 4.69) is 30.5 Å². The van der Waals surface area contributed by atoms with Crippen LogP contribution in [-0.2, 0) is 11.2 Å². The molecule has 12 heteroatoms. The molecule has 11 nitrogen and oxygen atoms in total. The third kappa shape index (κ3) is 4.32. The van der Waals surface area contributed by atoms with Crippen molar-refractivity contribution in [2.24, 2.45) is 0 Å². The minimum atomic E-state index is -0.321. The van der Waals surface area contributed by atoms with Gasteiger partial charge in [0, 0.05) is 18.5 Å². The van der Waals surface area contributed by atoms with Gasteiger partial charge < -0.3 is 29.2 Å². The van der Waals surface area contributed by atoms with Gasteiger partial charge in [-0.25, -0.2) is 19.7 Å². The number of carbonyl (C=O) groups is 1. The third-order valence-corrected chi connectivity index (χ3v) is 7.54. The highest BCUT2D eigenvalue weighted by Crippen LogP contribution is 2.43. The Morgan fingerprint density at radius 3 is 3.03 bits per heavy atom. The van der Waals surface area contributed by atoms with Crippen molar-refractivity contribution in [3.63, 3.8) is 0 Å². The number of aliphatic hydroxyl groups is 1. The smallest absolute Gasteiger partial charge is 0.321 e. The first-order valence-corrected chi connectivity index (χ1v) is 12.6. The number of hydrogen-bond donors (Lipinski definition) is 3. The second kappa shape index (κ2) is 9.10. The van der Waals surface area contributed by atoms with Crippen LogP contribution in [-0.4, -0.2) is 64.1 Å². The molecule has 1 aliphatic carbocycles. The van der Waals surface area contributed by atoms with Gasteiger partial charge in [0.15, 0.2) is 10.9 Å². The quantitative estimate of drug-likeness (QED) is 0.469. The first-order valence-electron chi connectivity index (χ1n) is 11.7. The number of morpholine rings is 1. The van der Waals surface area contributed by atoms with E-state index in [1.807, 2.05) is 25.1 Å². The molecule has 3 aliphatic rings. The predicted octanol–water partition coefficient (Wildman–Crippen LogP) is 2.74. The van der Waals surface area contributed by atoms with Gasteiger partial charge in [-0.3, -0.25) is 5.32 Å². The van der Waals surface area contributed by atoms with Crippen molar-refractivity contribution >= 4 is 28.5 Å². The number of aromatic nitrogens is 3. The van der Waals surface area contributed by atoms with E-state index in [0.717, 1.165) is 10.6 Å². The summed E-state index contributed by atoms with van der Waals surface area (Å²) in [5, 5.41) is 15.7. The molecule has 3 aromatic rings. The van der Waals surface area contributed by atoms with Crippen LogP contribution in [0.5, 0.6) is 5.88 Å². The molecule has 0 aromatic carbocycles. The average Bonchev–Trinajstić information content (AvgIpc) is 3.45. The van der Waals surface area contributed by atoms with Crippen LogP contribution in [0.3, 0.4) is 0 Å². The molecule has 0 radical (unpaired) electrons. The van der Waals surface area contributed by atoms with Crippen LogP contribution in [0.15, 0.2) is 28.8 Å². The number of aliphatic hydroxyl groups excluding tert-OH is 1. The van der Waals surface area contributed by atoms with Crippen LogP contribution in [0.4, 0.5) is 15.9 Å². The first-order chi connectivity index (χ1) is 17.1. The Hall–Kier alpha value is -3.22. The van der Waals surface area contributed by atoms with Gasteiger partial charge in [-0.15, -0.1) is 0 Å². The largest absolute Gasteiger partial charge is 0.478 e. The Labute approximate surface area is 205 Å². The third-order valence-electron chi connectivity index (χ3n) is 6.43. The predicted molar refractivity (Wildman–Crippen MR) is 128 cm³/mol. The lowest BCUT2D eigenvalue weighted by Crippen LogP contribution is -2.51.